The highest BCUT2D eigenvalue weighted by atomic mass is 16.5. The number of piperidine rings is 1. The molecule has 0 saturated carbocycles. The summed E-state index contributed by atoms with van der Waals surface area (Å²) in [6.45, 7) is 3.26. The predicted octanol–water partition coefficient (Wildman–Crippen LogP) is 2.40. The first-order valence-electron chi connectivity index (χ1n) is 7.25. The van der Waals surface area contributed by atoms with E-state index < -0.39 is 0 Å². The van der Waals surface area contributed by atoms with Crippen LogP contribution in [0.2, 0.25) is 0 Å². The average molecular weight is 261 g/mol. The van der Waals surface area contributed by atoms with Gasteiger partial charge >= 0.3 is 0 Å². The highest BCUT2D eigenvalue weighted by molar-refractivity contribution is 5.27. The molecule has 2 fully saturated rings. The molecule has 3 nitrogen and oxygen atoms in total. The summed E-state index contributed by atoms with van der Waals surface area (Å²) in [4.78, 5) is 0. The molecule has 1 aromatic rings. The van der Waals surface area contributed by atoms with Crippen molar-refractivity contribution in [1.82, 2.24) is 5.32 Å². The van der Waals surface area contributed by atoms with Crippen LogP contribution in [0.4, 0.5) is 0 Å². The van der Waals surface area contributed by atoms with Crippen molar-refractivity contribution >= 4 is 0 Å². The SMILES string of the molecule is COc1ccc(CC2CC3(CCNCC3)CO2)cc1. The zero-order valence-corrected chi connectivity index (χ0v) is 11.7. The smallest absolute Gasteiger partial charge is 0.118 e. The molecule has 3 rings (SSSR count). The first kappa shape index (κ1) is 12.9. The Morgan fingerprint density at radius 1 is 1.26 bits per heavy atom. The fourth-order valence-corrected chi connectivity index (χ4v) is 3.36. The largest absolute Gasteiger partial charge is 0.497 e. The molecule has 1 atom stereocenters. The Morgan fingerprint density at radius 2 is 2.00 bits per heavy atom. The van der Waals surface area contributed by atoms with Crippen LogP contribution in [-0.4, -0.2) is 32.9 Å². The number of rotatable bonds is 3. The highest BCUT2D eigenvalue weighted by Crippen LogP contribution is 2.41. The van der Waals surface area contributed by atoms with E-state index in [1.165, 1.54) is 24.8 Å². The maximum Gasteiger partial charge on any atom is 0.118 e. The topological polar surface area (TPSA) is 30.5 Å². The summed E-state index contributed by atoms with van der Waals surface area (Å²) < 4.78 is 11.2. The van der Waals surface area contributed by atoms with Gasteiger partial charge in [-0.3, -0.25) is 0 Å². The Balaban J connectivity index is 1.58. The molecule has 0 bridgehead atoms. The van der Waals surface area contributed by atoms with Gasteiger partial charge in [-0.05, 0) is 61.9 Å². The van der Waals surface area contributed by atoms with E-state index >= 15 is 0 Å². The second kappa shape index (κ2) is 5.51. The van der Waals surface area contributed by atoms with Crippen LogP contribution in [0.15, 0.2) is 24.3 Å². The molecule has 2 aliphatic heterocycles. The van der Waals surface area contributed by atoms with Crippen LogP contribution in [0, 0.1) is 5.41 Å². The van der Waals surface area contributed by atoms with E-state index in [-0.39, 0.29) is 0 Å². The van der Waals surface area contributed by atoms with Crippen LogP contribution >= 0.6 is 0 Å². The third kappa shape index (κ3) is 2.93. The van der Waals surface area contributed by atoms with Gasteiger partial charge in [-0.25, -0.2) is 0 Å². The van der Waals surface area contributed by atoms with E-state index in [9.17, 15) is 0 Å². The number of nitrogens with one attached hydrogen (secondary N) is 1. The minimum Gasteiger partial charge on any atom is -0.497 e. The fourth-order valence-electron chi connectivity index (χ4n) is 3.36. The minimum absolute atomic E-state index is 0.395. The Bertz CT molecular complexity index is 409. The zero-order valence-electron chi connectivity index (χ0n) is 11.7. The number of ether oxygens (including phenoxy) is 2. The van der Waals surface area contributed by atoms with Crippen molar-refractivity contribution in [1.29, 1.82) is 0 Å². The quantitative estimate of drug-likeness (QED) is 0.906. The summed E-state index contributed by atoms with van der Waals surface area (Å²) in [5, 5.41) is 3.44. The molecule has 1 spiro atoms. The molecular weight excluding hydrogens is 238 g/mol. The van der Waals surface area contributed by atoms with Crippen molar-refractivity contribution in [2.24, 2.45) is 5.41 Å². The molecule has 2 aliphatic rings. The highest BCUT2D eigenvalue weighted by Gasteiger charge is 2.40. The van der Waals surface area contributed by atoms with Crippen molar-refractivity contribution in [3.8, 4) is 5.75 Å². The molecule has 19 heavy (non-hydrogen) atoms. The van der Waals surface area contributed by atoms with Gasteiger partial charge < -0.3 is 14.8 Å². The first-order valence-corrected chi connectivity index (χ1v) is 7.25. The van der Waals surface area contributed by atoms with Crippen LogP contribution in [-0.2, 0) is 11.2 Å². The van der Waals surface area contributed by atoms with Gasteiger partial charge in [0.15, 0.2) is 0 Å². The minimum atomic E-state index is 0.395. The lowest BCUT2D eigenvalue weighted by Gasteiger charge is -2.32. The Hall–Kier alpha value is -1.06. The van der Waals surface area contributed by atoms with E-state index in [1.54, 1.807) is 7.11 Å². The molecule has 2 heterocycles. The normalized spacial score (nSPS) is 25.6. The van der Waals surface area contributed by atoms with E-state index in [1.807, 2.05) is 12.1 Å². The maximum absolute atomic E-state index is 6.05. The van der Waals surface area contributed by atoms with Crippen LogP contribution < -0.4 is 10.1 Å². The van der Waals surface area contributed by atoms with E-state index in [0.29, 0.717) is 11.5 Å². The molecule has 1 unspecified atom stereocenters. The summed E-state index contributed by atoms with van der Waals surface area (Å²) in [6.07, 6.45) is 5.18. The molecule has 3 heteroatoms. The van der Waals surface area contributed by atoms with Crippen molar-refractivity contribution in [2.45, 2.75) is 31.8 Å². The van der Waals surface area contributed by atoms with Crippen LogP contribution in [0.25, 0.3) is 0 Å². The van der Waals surface area contributed by atoms with Crippen LogP contribution in [0.1, 0.15) is 24.8 Å². The van der Waals surface area contributed by atoms with Gasteiger partial charge in [0.1, 0.15) is 5.75 Å². The summed E-state index contributed by atoms with van der Waals surface area (Å²) in [5.41, 5.74) is 1.80. The standard InChI is InChI=1S/C16H23NO2/c1-18-14-4-2-13(3-5-14)10-15-11-16(12-19-15)6-8-17-9-7-16/h2-5,15,17H,6-12H2,1H3. The van der Waals surface area contributed by atoms with E-state index in [4.69, 9.17) is 9.47 Å². The molecule has 1 aromatic carbocycles. The van der Waals surface area contributed by atoms with Gasteiger partial charge in [0, 0.05) is 0 Å². The van der Waals surface area contributed by atoms with Gasteiger partial charge in [0.05, 0.1) is 19.8 Å². The van der Waals surface area contributed by atoms with E-state index in [0.717, 1.165) is 31.9 Å². The van der Waals surface area contributed by atoms with Gasteiger partial charge in [-0.2, -0.15) is 0 Å². The predicted molar refractivity (Wildman–Crippen MR) is 75.6 cm³/mol. The van der Waals surface area contributed by atoms with Gasteiger partial charge in [-0.15, -0.1) is 0 Å². The van der Waals surface area contributed by atoms with Crippen molar-refractivity contribution in [3.05, 3.63) is 29.8 Å². The van der Waals surface area contributed by atoms with Crippen LogP contribution in [0.3, 0.4) is 0 Å². The fraction of sp³-hybridized carbons (Fsp3) is 0.625. The van der Waals surface area contributed by atoms with Gasteiger partial charge in [-0.1, -0.05) is 12.1 Å². The van der Waals surface area contributed by atoms with Gasteiger partial charge in [0.2, 0.25) is 0 Å². The molecule has 0 aliphatic carbocycles. The lowest BCUT2D eigenvalue weighted by Crippen LogP contribution is -2.37. The molecule has 0 aromatic heterocycles. The molecule has 2 saturated heterocycles. The van der Waals surface area contributed by atoms with Crippen molar-refractivity contribution < 1.29 is 9.47 Å². The first-order chi connectivity index (χ1) is 9.30. The third-order valence-corrected chi connectivity index (χ3v) is 4.57. The average Bonchev–Trinajstić information content (AvgIpc) is 2.83. The van der Waals surface area contributed by atoms with Crippen molar-refractivity contribution in [2.75, 3.05) is 26.8 Å². The zero-order chi connectivity index (χ0) is 13.1. The van der Waals surface area contributed by atoms with Crippen molar-refractivity contribution in [3.63, 3.8) is 0 Å². The van der Waals surface area contributed by atoms with Crippen LogP contribution in [0.5, 0.6) is 5.75 Å². The second-order valence-electron chi connectivity index (χ2n) is 5.94. The summed E-state index contributed by atoms with van der Waals surface area (Å²) >= 11 is 0. The Labute approximate surface area is 115 Å². The lowest BCUT2D eigenvalue weighted by molar-refractivity contribution is 0.0867. The number of benzene rings is 1. The monoisotopic (exact) mass is 261 g/mol. The number of methoxy groups -OCH3 is 1. The molecule has 104 valence electrons. The lowest BCUT2D eigenvalue weighted by atomic mass is 9.77. The summed E-state index contributed by atoms with van der Waals surface area (Å²) in [6, 6.07) is 8.36. The number of hydrogen-bond acceptors (Lipinski definition) is 3. The van der Waals surface area contributed by atoms with E-state index in [2.05, 4.69) is 17.4 Å². The molecule has 1 N–H and O–H groups in total. The Morgan fingerprint density at radius 3 is 2.68 bits per heavy atom. The number of hydrogen-bond donors (Lipinski definition) is 1. The maximum atomic E-state index is 6.05. The summed E-state index contributed by atoms with van der Waals surface area (Å²) in [7, 11) is 1.70. The Kier molecular flexibility index (Phi) is 3.76. The molecule has 0 amide bonds. The molecular formula is C16H23NO2. The van der Waals surface area contributed by atoms with Gasteiger partial charge in [0.25, 0.3) is 0 Å². The summed E-state index contributed by atoms with van der Waals surface area (Å²) in [5.74, 6) is 0.922. The molecule has 0 radical (unpaired) electrons. The third-order valence-electron chi connectivity index (χ3n) is 4.57. The second-order valence-corrected chi connectivity index (χ2v) is 5.94.